The number of carbonyl (C=O) groups excluding carboxylic acids is 2. The van der Waals surface area contributed by atoms with Crippen LogP contribution >= 0.6 is 11.6 Å². The Labute approximate surface area is 305 Å². The van der Waals surface area contributed by atoms with Gasteiger partial charge in [-0.25, -0.2) is 8.42 Å². The van der Waals surface area contributed by atoms with Crippen molar-refractivity contribution < 1.29 is 37.0 Å². The number of sulfonamides is 1. The highest BCUT2D eigenvalue weighted by Gasteiger charge is 2.36. The number of nitrogens with zero attached hydrogens (tertiary/aromatic N) is 2. The van der Waals surface area contributed by atoms with Gasteiger partial charge in [0.15, 0.2) is 11.5 Å². The molecule has 0 radical (unpaired) electrons. The van der Waals surface area contributed by atoms with Crippen LogP contribution in [0.5, 0.6) is 23.0 Å². The minimum atomic E-state index is -4.51. The van der Waals surface area contributed by atoms with E-state index in [9.17, 15) is 18.0 Å². The minimum Gasteiger partial charge on any atom is -0.497 e. The van der Waals surface area contributed by atoms with E-state index in [1.54, 1.807) is 36.4 Å². The van der Waals surface area contributed by atoms with Crippen LogP contribution in [0.25, 0.3) is 0 Å². The van der Waals surface area contributed by atoms with Crippen LogP contribution in [0, 0.1) is 0 Å². The summed E-state index contributed by atoms with van der Waals surface area (Å²) in [6.45, 7) is 1.64. The Kier molecular flexibility index (Phi) is 14.0. The first-order chi connectivity index (χ1) is 24.6. The maximum absolute atomic E-state index is 14.8. The Morgan fingerprint density at radius 3 is 2.12 bits per heavy atom. The third-order valence-electron chi connectivity index (χ3n) is 8.28. The summed E-state index contributed by atoms with van der Waals surface area (Å²) in [5.74, 6) is -0.0351. The van der Waals surface area contributed by atoms with Gasteiger partial charge in [0, 0.05) is 36.7 Å². The van der Waals surface area contributed by atoms with Crippen LogP contribution in [0.3, 0.4) is 0 Å². The van der Waals surface area contributed by atoms with Crippen LogP contribution in [-0.2, 0) is 32.6 Å². The molecular formula is C38H44ClN3O8S. The highest BCUT2D eigenvalue weighted by molar-refractivity contribution is 7.92. The number of anilines is 1. The third kappa shape index (κ3) is 9.65. The topological polar surface area (TPSA) is 124 Å². The first-order valence-electron chi connectivity index (χ1n) is 16.4. The van der Waals surface area contributed by atoms with Gasteiger partial charge in [-0.05, 0) is 47.9 Å². The lowest BCUT2D eigenvalue weighted by atomic mass is 10.0. The van der Waals surface area contributed by atoms with Gasteiger partial charge in [0.1, 0.15) is 24.1 Å². The second kappa shape index (κ2) is 18.3. The van der Waals surface area contributed by atoms with E-state index in [-0.39, 0.29) is 41.0 Å². The number of halogens is 1. The summed E-state index contributed by atoms with van der Waals surface area (Å²) in [6.07, 6.45) is 1.77. The highest BCUT2D eigenvalue weighted by atomic mass is 35.5. The summed E-state index contributed by atoms with van der Waals surface area (Å²) in [4.78, 5) is 30.1. The molecule has 1 N–H and O–H groups in total. The molecule has 4 aromatic carbocycles. The zero-order valence-corrected chi connectivity index (χ0v) is 31.0. The zero-order valence-electron chi connectivity index (χ0n) is 29.4. The number of unbranched alkanes of at least 4 members (excludes halogenated alkanes) is 1. The van der Waals surface area contributed by atoms with Crippen LogP contribution in [0.2, 0.25) is 5.02 Å². The molecule has 4 aromatic rings. The van der Waals surface area contributed by atoms with Crippen molar-refractivity contribution in [3.63, 3.8) is 0 Å². The van der Waals surface area contributed by atoms with Crippen LogP contribution in [0.4, 0.5) is 5.69 Å². The molecule has 13 heteroatoms. The normalized spacial score (nSPS) is 11.6. The molecule has 0 saturated heterocycles. The van der Waals surface area contributed by atoms with Crippen LogP contribution < -0.4 is 28.6 Å². The first-order valence-corrected chi connectivity index (χ1v) is 18.2. The first kappa shape index (κ1) is 38.9. The molecule has 0 fully saturated rings. The number of ether oxygens (including phenoxy) is 4. The number of benzene rings is 4. The van der Waals surface area contributed by atoms with Crippen LogP contribution in [-0.4, -0.2) is 72.7 Å². The number of hydrogen-bond donors (Lipinski definition) is 1. The van der Waals surface area contributed by atoms with E-state index in [0.717, 1.165) is 22.7 Å². The van der Waals surface area contributed by atoms with Crippen molar-refractivity contribution in [3.05, 3.63) is 107 Å². The summed E-state index contributed by atoms with van der Waals surface area (Å²) < 4.78 is 52.1. The summed E-state index contributed by atoms with van der Waals surface area (Å²) in [5.41, 5.74) is 1.44. The third-order valence-corrected chi connectivity index (χ3v) is 10.4. The standard InChI is InChI=1S/C38H44ClN3O8S/c1-6-7-21-40-38(44)33(22-27-13-9-8-10-14-27)41(25-28-15-11-12-16-31(28)39)37(43)26-42(32-23-29(47-2)17-19-34(32)48-3)51(45,46)30-18-20-35(49-4)36(24-30)50-5/h8-20,23-24,33H,6-7,21-22,25-26H2,1-5H3,(H,40,44)/t33-/m1/s1. The number of hydrogen-bond acceptors (Lipinski definition) is 8. The molecule has 0 bridgehead atoms. The van der Waals surface area contributed by atoms with E-state index >= 15 is 0 Å². The predicted octanol–water partition coefficient (Wildman–Crippen LogP) is 6.13. The fourth-order valence-corrected chi connectivity index (χ4v) is 7.11. The van der Waals surface area contributed by atoms with Gasteiger partial charge < -0.3 is 29.2 Å². The molecule has 0 spiro atoms. The largest absolute Gasteiger partial charge is 0.497 e. The molecular weight excluding hydrogens is 694 g/mol. The summed E-state index contributed by atoms with van der Waals surface area (Å²) in [5, 5.41) is 3.37. The summed E-state index contributed by atoms with van der Waals surface area (Å²) >= 11 is 6.60. The van der Waals surface area contributed by atoms with Crippen molar-refractivity contribution in [2.24, 2.45) is 0 Å². The molecule has 2 amide bonds. The average molecular weight is 738 g/mol. The molecule has 4 rings (SSSR count). The Morgan fingerprint density at radius 1 is 0.804 bits per heavy atom. The highest BCUT2D eigenvalue weighted by Crippen LogP contribution is 2.38. The second-order valence-electron chi connectivity index (χ2n) is 11.5. The average Bonchev–Trinajstić information content (AvgIpc) is 3.15. The maximum Gasteiger partial charge on any atom is 0.265 e. The number of rotatable bonds is 18. The van der Waals surface area contributed by atoms with E-state index in [1.807, 2.05) is 37.3 Å². The molecule has 0 aliphatic carbocycles. The van der Waals surface area contributed by atoms with Crippen molar-refractivity contribution in [2.45, 2.75) is 43.7 Å². The van der Waals surface area contributed by atoms with Crippen LogP contribution in [0.15, 0.2) is 95.9 Å². The summed E-state index contributed by atoms with van der Waals surface area (Å²) in [7, 11) is 1.16. The Morgan fingerprint density at radius 2 is 1.47 bits per heavy atom. The number of methoxy groups -OCH3 is 4. The molecule has 0 unspecified atom stereocenters. The van der Waals surface area contributed by atoms with Gasteiger partial charge in [0.05, 0.1) is 39.0 Å². The van der Waals surface area contributed by atoms with Crippen molar-refractivity contribution in [3.8, 4) is 23.0 Å². The van der Waals surface area contributed by atoms with Crippen molar-refractivity contribution in [1.82, 2.24) is 10.2 Å². The predicted molar refractivity (Wildman–Crippen MR) is 197 cm³/mol. The fourth-order valence-electron chi connectivity index (χ4n) is 5.48. The molecule has 0 aromatic heterocycles. The Bertz CT molecular complexity index is 1890. The summed E-state index contributed by atoms with van der Waals surface area (Å²) in [6, 6.07) is 24.1. The SMILES string of the molecule is CCCCNC(=O)[C@@H](Cc1ccccc1)N(Cc1ccccc1Cl)C(=O)CN(c1cc(OC)ccc1OC)S(=O)(=O)c1ccc(OC)c(OC)c1. The smallest absolute Gasteiger partial charge is 0.265 e. The number of carbonyl (C=O) groups is 2. The molecule has 0 aliphatic heterocycles. The van der Waals surface area contributed by atoms with Crippen LogP contribution in [0.1, 0.15) is 30.9 Å². The van der Waals surface area contributed by atoms with E-state index in [1.165, 1.54) is 57.6 Å². The molecule has 0 saturated carbocycles. The minimum absolute atomic E-state index is 0.0460. The van der Waals surface area contributed by atoms with E-state index in [0.29, 0.717) is 28.6 Å². The van der Waals surface area contributed by atoms with Gasteiger partial charge in [0.2, 0.25) is 11.8 Å². The molecule has 0 heterocycles. The van der Waals surface area contributed by atoms with Crippen molar-refractivity contribution in [2.75, 3.05) is 45.8 Å². The van der Waals surface area contributed by atoms with Gasteiger partial charge in [-0.1, -0.05) is 73.5 Å². The monoisotopic (exact) mass is 737 g/mol. The quantitative estimate of drug-likeness (QED) is 0.121. The van der Waals surface area contributed by atoms with E-state index in [2.05, 4.69) is 5.32 Å². The van der Waals surface area contributed by atoms with Gasteiger partial charge in [-0.3, -0.25) is 13.9 Å². The van der Waals surface area contributed by atoms with Gasteiger partial charge in [0.25, 0.3) is 10.0 Å². The van der Waals surface area contributed by atoms with Gasteiger partial charge in [-0.2, -0.15) is 0 Å². The molecule has 272 valence electrons. The van der Waals surface area contributed by atoms with Gasteiger partial charge in [-0.15, -0.1) is 0 Å². The van der Waals surface area contributed by atoms with Crippen molar-refractivity contribution >= 4 is 39.1 Å². The van der Waals surface area contributed by atoms with E-state index in [4.69, 9.17) is 30.5 Å². The maximum atomic E-state index is 14.8. The lowest BCUT2D eigenvalue weighted by Crippen LogP contribution is -2.53. The molecule has 1 atom stereocenters. The Hall–Kier alpha value is -4.94. The fraction of sp³-hybridized carbons (Fsp3) is 0.316. The van der Waals surface area contributed by atoms with Crippen molar-refractivity contribution in [1.29, 1.82) is 0 Å². The second-order valence-corrected chi connectivity index (χ2v) is 13.8. The lowest BCUT2D eigenvalue weighted by molar-refractivity contribution is -0.140. The molecule has 11 nitrogen and oxygen atoms in total. The number of nitrogens with one attached hydrogen (secondary N) is 1. The van der Waals surface area contributed by atoms with Gasteiger partial charge >= 0.3 is 0 Å². The molecule has 0 aliphatic rings. The zero-order chi connectivity index (χ0) is 37.0. The Balaban J connectivity index is 1.89. The number of amides is 2. The molecule has 51 heavy (non-hydrogen) atoms. The van der Waals surface area contributed by atoms with E-state index < -0.39 is 28.5 Å². The lowest BCUT2D eigenvalue weighted by Gasteiger charge is -2.34.